The number of hydrogen-bond acceptors (Lipinski definition) is 3. The minimum absolute atomic E-state index is 0.0408. The predicted molar refractivity (Wildman–Crippen MR) is 79.1 cm³/mol. The molecule has 1 amide bonds. The van der Waals surface area contributed by atoms with Crippen molar-refractivity contribution in [2.45, 2.75) is 31.7 Å². The molecule has 1 saturated heterocycles. The van der Waals surface area contributed by atoms with Crippen LogP contribution >= 0.6 is 0 Å². The molecule has 1 aromatic rings. The predicted octanol–water partition coefficient (Wildman–Crippen LogP) is 2.43. The highest BCUT2D eigenvalue weighted by Gasteiger charge is 2.27. The van der Waals surface area contributed by atoms with Gasteiger partial charge in [-0.25, -0.2) is 4.39 Å². The van der Waals surface area contributed by atoms with Gasteiger partial charge in [0.1, 0.15) is 11.6 Å². The fraction of sp³-hybridized carbons (Fsp3) is 0.562. The molecule has 1 fully saturated rings. The van der Waals surface area contributed by atoms with Crippen molar-refractivity contribution in [1.82, 2.24) is 4.90 Å². The molecule has 0 unspecified atom stereocenters. The first kappa shape index (κ1) is 14.3. The summed E-state index contributed by atoms with van der Waals surface area (Å²) in [4.78, 5) is 16.1. The zero-order valence-corrected chi connectivity index (χ0v) is 12.3. The topological polar surface area (TPSA) is 32.8 Å². The van der Waals surface area contributed by atoms with Crippen molar-refractivity contribution in [1.29, 1.82) is 0 Å². The third-order valence-electron chi connectivity index (χ3n) is 4.47. The van der Waals surface area contributed by atoms with Crippen LogP contribution in [0.3, 0.4) is 0 Å². The van der Waals surface area contributed by atoms with Crippen LogP contribution in [0.15, 0.2) is 18.2 Å². The van der Waals surface area contributed by atoms with Crippen LogP contribution in [0.5, 0.6) is 5.75 Å². The molecule has 114 valence electrons. The maximum atomic E-state index is 13.5. The summed E-state index contributed by atoms with van der Waals surface area (Å²) < 4.78 is 18.8. The van der Waals surface area contributed by atoms with Gasteiger partial charge in [0.05, 0.1) is 5.69 Å². The van der Waals surface area contributed by atoms with Gasteiger partial charge in [0.25, 0.3) is 5.91 Å². The van der Waals surface area contributed by atoms with Gasteiger partial charge in [0.2, 0.25) is 0 Å². The van der Waals surface area contributed by atoms with Gasteiger partial charge >= 0.3 is 0 Å². The Bertz CT molecular complexity index is 535. The number of ether oxygens (including phenoxy) is 1. The summed E-state index contributed by atoms with van der Waals surface area (Å²) in [6.45, 7) is 1.78. The lowest BCUT2D eigenvalue weighted by Crippen LogP contribution is -2.43. The van der Waals surface area contributed by atoms with E-state index in [1.807, 2.05) is 0 Å². The maximum Gasteiger partial charge on any atom is 0.265 e. The molecule has 0 N–H and O–H groups in total. The number of benzene rings is 1. The number of rotatable bonds is 3. The highest BCUT2D eigenvalue weighted by molar-refractivity contribution is 5.97. The smallest absolute Gasteiger partial charge is 0.265 e. The van der Waals surface area contributed by atoms with Gasteiger partial charge in [0, 0.05) is 18.7 Å². The molecule has 2 heterocycles. The number of likely N-dealkylation sites (tertiary alicyclic amines) is 1. The Morgan fingerprint density at radius 3 is 3.05 bits per heavy atom. The standard InChI is InChI=1S/C16H21FN2O2/c1-18-8-3-2-4-13(18)7-9-19-14-10-12(17)5-6-15(14)21-11-16(19)20/h5-6,10,13H,2-4,7-9,11H2,1H3/t13-/m0/s1. The largest absolute Gasteiger partial charge is 0.482 e. The lowest BCUT2D eigenvalue weighted by molar-refractivity contribution is -0.121. The van der Waals surface area contributed by atoms with Gasteiger partial charge in [-0.2, -0.15) is 0 Å². The second-order valence-electron chi connectivity index (χ2n) is 5.86. The Labute approximate surface area is 124 Å². The average Bonchev–Trinajstić information content (AvgIpc) is 2.48. The zero-order chi connectivity index (χ0) is 14.8. The summed E-state index contributed by atoms with van der Waals surface area (Å²) in [5.74, 6) is 0.159. The molecule has 3 rings (SSSR count). The number of amides is 1. The first-order valence-electron chi connectivity index (χ1n) is 7.58. The number of anilines is 1. The van der Waals surface area contributed by atoms with Crippen LogP contribution in [-0.4, -0.2) is 43.6 Å². The molecular formula is C16H21FN2O2. The first-order chi connectivity index (χ1) is 10.1. The molecule has 1 aromatic carbocycles. The minimum atomic E-state index is -0.341. The van der Waals surface area contributed by atoms with Crippen molar-refractivity contribution in [3.8, 4) is 5.75 Å². The van der Waals surface area contributed by atoms with E-state index in [1.54, 1.807) is 11.0 Å². The molecule has 0 radical (unpaired) electrons. The van der Waals surface area contributed by atoms with E-state index in [2.05, 4.69) is 11.9 Å². The first-order valence-corrected chi connectivity index (χ1v) is 7.58. The normalized spacial score (nSPS) is 22.9. The van der Waals surface area contributed by atoms with Crippen molar-refractivity contribution in [3.63, 3.8) is 0 Å². The van der Waals surface area contributed by atoms with Gasteiger partial charge in [-0.15, -0.1) is 0 Å². The molecule has 2 aliphatic heterocycles. The van der Waals surface area contributed by atoms with Gasteiger partial charge in [-0.3, -0.25) is 4.79 Å². The number of fused-ring (bicyclic) bond motifs is 1. The lowest BCUT2D eigenvalue weighted by atomic mass is 9.99. The quantitative estimate of drug-likeness (QED) is 0.858. The molecule has 0 bridgehead atoms. The number of carbonyl (C=O) groups is 1. The van der Waals surface area contributed by atoms with Crippen LogP contribution in [0.25, 0.3) is 0 Å². The fourth-order valence-electron chi connectivity index (χ4n) is 3.21. The van der Waals surface area contributed by atoms with E-state index in [9.17, 15) is 9.18 Å². The van der Waals surface area contributed by atoms with E-state index >= 15 is 0 Å². The van der Waals surface area contributed by atoms with Crippen LogP contribution < -0.4 is 9.64 Å². The lowest BCUT2D eigenvalue weighted by Gasteiger charge is -2.35. The highest BCUT2D eigenvalue weighted by Crippen LogP contribution is 2.33. The Kier molecular flexibility index (Phi) is 4.10. The SMILES string of the molecule is CN1CCCC[C@H]1CCN1C(=O)COc2ccc(F)cc21. The molecule has 4 nitrogen and oxygen atoms in total. The van der Waals surface area contributed by atoms with Crippen molar-refractivity contribution in [2.75, 3.05) is 31.6 Å². The van der Waals surface area contributed by atoms with E-state index < -0.39 is 0 Å². The summed E-state index contributed by atoms with van der Waals surface area (Å²) in [5, 5.41) is 0. The zero-order valence-electron chi connectivity index (χ0n) is 12.3. The van der Waals surface area contributed by atoms with Gasteiger partial charge in [-0.1, -0.05) is 6.42 Å². The highest BCUT2D eigenvalue weighted by atomic mass is 19.1. The molecular weight excluding hydrogens is 271 g/mol. The van der Waals surface area contributed by atoms with E-state index in [0.717, 1.165) is 13.0 Å². The van der Waals surface area contributed by atoms with Crippen molar-refractivity contribution >= 4 is 11.6 Å². The summed E-state index contributed by atoms with van der Waals surface area (Å²) in [7, 11) is 2.14. The molecule has 0 aliphatic carbocycles. The van der Waals surface area contributed by atoms with Crippen LogP contribution in [0, 0.1) is 5.82 Å². The molecule has 0 spiro atoms. The minimum Gasteiger partial charge on any atom is -0.482 e. The third-order valence-corrected chi connectivity index (χ3v) is 4.47. The molecule has 1 atom stereocenters. The average molecular weight is 292 g/mol. The fourth-order valence-corrected chi connectivity index (χ4v) is 3.21. The van der Waals surface area contributed by atoms with Gasteiger partial charge in [0.15, 0.2) is 6.61 Å². The summed E-state index contributed by atoms with van der Waals surface area (Å²) >= 11 is 0. The van der Waals surface area contributed by atoms with E-state index in [1.165, 1.54) is 31.4 Å². The Balaban J connectivity index is 1.72. The second-order valence-corrected chi connectivity index (χ2v) is 5.86. The van der Waals surface area contributed by atoms with Crippen molar-refractivity contribution in [3.05, 3.63) is 24.0 Å². The Morgan fingerprint density at radius 2 is 2.24 bits per heavy atom. The van der Waals surface area contributed by atoms with E-state index in [0.29, 0.717) is 24.0 Å². The summed E-state index contributed by atoms with van der Waals surface area (Å²) in [5.41, 5.74) is 0.560. The third kappa shape index (κ3) is 3.02. The number of carbonyl (C=O) groups excluding carboxylic acids is 1. The molecule has 0 saturated carbocycles. The number of halogens is 1. The Morgan fingerprint density at radius 1 is 1.38 bits per heavy atom. The van der Waals surface area contributed by atoms with E-state index in [-0.39, 0.29) is 18.3 Å². The summed E-state index contributed by atoms with van der Waals surface area (Å²) in [6.07, 6.45) is 4.58. The maximum absolute atomic E-state index is 13.5. The van der Waals surface area contributed by atoms with Crippen LogP contribution in [0.4, 0.5) is 10.1 Å². The molecule has 5 heteroatoms. The molecule has 0 aromatic heterocycles. The molecule has 21 heavy (non-hydrogen) atoms. The van der Waals surface area contributed by atoms with Crippen LogP contribution in [-0.2, 0) is 4.79 Å². The molecule has 2 aliphatic rings. The van der Waals surface area contributed by atoms with E-state index in [4.69, 9.17) is 4.74 Å². The van der Waals surface area contributed by atoms with Crippen LogP contribution in [0.2, 0.25) is 0 Å². The van der Waals surface area contributed by atoms with Gasteiger partial charge in [-0.05, 0) is 45.0 Å². The summed E-state index contributed by atoms with van der Waals surface area (Å²) in [6, 6.07) is 4.85. The Hall–Kier alpha value is -1.62. The second kappa shape index (κ2) is 6.02. The van der Waals surface area contributed by atoms with Crippen molar-refractivity contribution < 1.29 is 13.9 Å². The monoisotopic (exact) mass is 292 g/mol. The number of nitrogens with zero attached hydrogens (tertiary/aromatic N) is 2. The number of hydrogen-bond donors (Lipinski definition) is 0. The van der Waals surface area contributed by atoms with Crippen LogP contribution in [0.1, 0.15) is 25.7 Å². The van der Waals surface area contributed by atoms with Gasteiger partial charge < -0.3 is 14.5 Å². The van der Waals surface area contributed by atoms with Crippen molar-refractivity contribution in [2.24, 2.45) is 0 Å². The number of piperidine rings is 1.